The van der Waals surface area contributed by atoms with Gasteiger partial charge in [0.25, 0.3) is 5.91 Å². The highest BCUT2D eigenvalue weighted by Crippen LogP contribution is 2.38. The van der Waals surface area contributed by atoms with E-state index in [0.29, 0.717) is 34.1 Å². The van der Waals surface area contributed by atoms with Crippen molar-refractivity contribution >= 4 is 28.9 Å². The van der Waals surface area contributed by atoms with Gasteiger partial charge in [-0.05, 0) is 58.8 Å². The van der Waals surface area contributed by atoms with Crippen LogP contribution in [0.3, 0.4) is 0 Å². The molecule has 0 unspecified atom stereocenters. The molecule has 4 aromatic carbocycles. The van der Waals surface area contributed by atoms with Crippen molar-refractivity contribution in [2.24, 2.45) is 5.10 Å². The molecule has 4 aromatic rings. The summed E-state index contributed by atoms with van der Waals surface area (Å²) in [7, 11) is 4.43. The summed E-state index contributed by atoms with van der Waals surface area (Å²) in [6.07, 6.45) is 1.48. The van der Waals surface area contributed by atoms with E-state index in [9.17, 15) is 9.59 Å². The highest BCUT2D eigenvalue weighted by atomic mass is 16.5. The Balaban J connectivity index is 1.40. The first-order valence-corrected chi connectivity index (χ1v) is 11.0. The number of hydrogen-bond acceptors (Lipinski definition) is 7. The Hall–Kier alpha value is -4.85. The van der Waals surface area contributed by atoms with Gasteiger partial charge in [-0.1, -0.05) is 36.4 Å². The van der Waals surface area contributed by atoms with E-state index in [1.165, 1.54) is 39.7 Å². The van der Waals surface area contributed by atoms with Gasteiger partial charge in [0.05, 0.1) is 33.1 Å². The predicted octanol–water partition coefficient (Wildman–Crippen LogP) is 4.85. The second-order valence-corrected chi connectivity index (χ2v) is 7.60. The summed E-state index contributed by atoms with van der Waals surface area (Å²) in [6, 6.07) is 23.0. The molecule has 0 aliphatic rings. The van der Waals surface area contributed by atoms with Gasteiger partial charge in [-0.25, -0.2) is 10.2 Å². The van der Waals surface area contributed by atoms with Crippen LogP contribution in [0.1, 0.15) is 26.3 Å². The summed E-state index contributed by atoms with van der Waals surface area (Å²) in [5.74, 6) is 0.615. The molecule has 0 radical (unpaired) electrons. The highest BCUT2D eigenvalue weighted by molar-refractivity contribution is 6.05. The van der Waals surface area contributed by atoms with Crippen molar-refractivity contribution in [2.45, 2.75) is 0 Å². The van der Waals surface area contributed by atoms with Gasteiger partial charge in [0, 0.05) is 5.56 Å². The van der Waals surface area contributed by atoms with Crippen LogP contribution in [0.4, 0.5) is 0 Å². The molecule has 1 N–H and O–H groups in total. The van der Waals surface area contributed by atoms with Gasteiger partial charge in [0.1, 0.15) is 5.75 Å². The summed E-state index contributed by atoms with van der Waals surface area (Å²) in [6.45, 7) is 0. The molecule has 0 bridgehead atoms. The number of hydrogen-bond donors (Lipinski definition) is 1. The third-order valence-electron chi connectivity index (χ3n) is 5.41. The zero-order chi connectivity index (χ0) is 25.5. The number of rotatable bonds is 8. The third kappa shape index (κ3) is 5.28. The maximum Gasteiger partial charge on any atom is 0.344 e. The highest BCUT2D eigenvalue weighted by Gasteiger charge is 2.17. The Morgan fingerprint density at radius 3 is 2.14 bits per heavy atom. The van der Waals surface area contributed by atoms with Crippen LogP contribution in [0.5, 0.6) is 23.0 Å². The summed E-state index contributed by atoms with van der Waals surface area (Å²) >= 11 is 0. The quantitative estimate of drug-likeness (QED) is 0.166. The number of nitrogens with zero attached hydrogens (tertiary/aromatic N) is 1. The van der Waals surface area contributed by atoms with Crippen LogP contribution in [0.25, 0.3) is 10.8 Å². The van der Waals surface area contributed by atoms with Gasteiger partial charge in [0.15, 0.2) is 11.5 Å². The summed E-state index contributed by atoms with van der Waals surface area (Å²) in [5.41, 5.74) is 3.95. The zero-order valence-electron chi connectivity index (χ0n) is 20.0. The minimum Gasteiger partial charge on any atom is -0.493 e. The van der Waals surface area contributed by atoms with E-state index < -0.39 is 11.9 Å². The fourth-order valence-electron chi connectivity index (χ4n) is 3.63. The first-order valence-electron chi connectivity index (χ1n) is 11.0. The molecule has 0 atom stereocenters. The number of nitrogens with one attached hydrogen (secondary N) is 1. The second-order valence-electron chi connectivity index (χ2n) is 7.60. The summed E-state index contributed by atoms with van der Waals surface area (Å²) in [5, 5.41) is 5.79. The fourth-order valence-corrected chi connectivity index (χ4v) is 3.63. The predicted molar refractivity (Wildman–Crippen MR) is 137 cm³/mol. The monoisotopic (exact) mass is 484 g/mol. The molecule has 0 spiro atoms. The maximum atomic E-state index is 12.7. The van der Waals surface area contributed by atoms with Gasteiger partial charge < -0.3 is 18.9 Å². The molecule has 8 nitrogen and oxygen atoms in total. The van der Waals surface area contributed by atoms with Gasteiger partial charge in [-0.2, -0.15) is 5.10 Å². The molecule has 36 heavy (non-hydrogen) atoms. The number of benzene rings is 4. The first-order chi connectivity index (χ1) is 17.5. The van der Waals surface area contributed by atoms with E-state index in [4.69, 9.17) is 18.9 Å². The third-order valence-corrected chi connectivity index (χ3v) is 5.41. The van der Waals surface area contributed by atoms with Gasteiger partial charge in [-0.15, -0.1) is 0 Å². The van der Waals surface area contributed by atoms with Gasteiger partial charge in [-0.3, -0.25) is 4.79 Å². The van der Waals surface area contributed by atoms with E-state index in [2.05, 4.69) is 10.5 Å². The molecular weight excluding hydrogens is 460 g/mol. The number of amides is 1. The van der Waals surface area contributed by atoms with Crippen molar-refractivity contribution in [3.63, 3.8) is 0 Å². The normalized spacial score (nSPS) is 10.8. The molecule has 0 aromatic heterocycles. The lowest BCUT2D eigenvalue weighted by molar-refractivity contribution is 0.0736. The van der Waals surface area contributed by atoms with Crippen molar-refractivity contribution in [1.29, 1.82) is 0 Å². The average Bonchev–Trinajstić information content (AvgIpc) is 2.92. The Bertz CT molecular complexity index is 1400. The fraction of sp³-hybridized carbons (Fsp3) is 0.107. The van der Waals surface area contributed by atoms with Crippen LogP contribution in [-0.2, 0) is 0 Å². The molecular formula is C28H24N2O6. The zero-order valence-corrected chi connectivity index (χ0v) is 20.0. The number of carbonyl (C=O) groups is 2. The van der Waals surface area contributed by atoms with Crippen molar-refractivity contribution in [2.75, 3.05) is 21.3 Å². The van der Waals surface area contributed by atoms with E-state index in [1.54, 1.807) is 30.3 Å². The molecule has 0 aliphatic heterocycles. The Morgan fingerprint density at radius 1 is 0.806 bits per heavy atom. The van der Waals surface area contributed by atoms with Gasteiger partial charge >= 0.3 is 5.97 Å². The Morgan fingerprint density at radius 2 is 1.47 bits per heavy atom. The Kier molecular flexibility index (Phi) is 7.45. The number of carbonyl (C=O) groups excluding carboxylic acids is 2. The summed E-state index contributed by atoms with van der Waals surface area (Å²) < 4.78 is 21.4. The van der Waals surface area contributed by atoms with Crippen LogP contribution in [-0.4, -0.2) is 39.4 Å². The van der Waals surface area contributed by atoms with Crippen molar-refractivity contribution in [3.05, 3.63) is 95.6 Å². The van der Waals surface area contributed by atoms with Crippen LogP contribution >= 0.6 is 0 Å². The molecule has 8 heteroatoms. The lowest BCUT2D eigenvalue weighted by atomic mass is 10.0. The SMILES string of the molecule is COc1cc(C(=O)N/N=C\c2ccc(OC(=O)c3cccc4ccccc34)cc2)cc(OC)c1OC. The van der Waals surface area contributed by atoms with E-state index >= 15 is 0 Å². The van der Waals surface area contributed by atoms with E-state index in [1.807, 2.05) is 36.4 Å². The molecule has 0 fully saturated rings. The maximum absolute atomic E-state index is 12.7. The first kappa shape index (κ1) is 24.3. The minimum atomic E-state index is -0.453. The van der Waals surface area contributed by atoms with Crippen molar-refractivity contribution in [1.82, 2.24) is 5.43 Å². The minimum absolute atomic E-state index is 0.289. The Labute approximate surface area is 208 Å². The molecule has 0 aliphatic carbocycles. The molecule has 1 amide bonds. The molecule has 4 rings (SSSR count). The largest absolute Gasteiger partial charge is 0.493 e. The lowest BCUT2D eigenvalue weighted by Crippen LogP contribution is -2.18. The van der Waals surface area contributed by atoms with Crippen molar-refractivity contribution < 1.29 is 28.5 Å². The van der Waals surface area contributed by atoms with E-state index in [0.717, 1.165) is 10.8 Å². The molecule has 0 heterocycles. The van der Waals surface area contributed by atoms with Crippen LogP contribution < -0.4 is 24.4 Å². The van der Waals surface area contributed by atoms with Gasteiger partial charge in [0.2, 0.25) is 5.75 Å². The number of esters is 1. The topological polar surface area (TPSA) is 95.5 Å². The number of fused-ring (bicyclic) bond motifs is 1. The number of methoxy groups -OCH3 is 3. The standard InChI is InChI=1S/C28H24N2O6/c1-33-24-15-20(16-25(34-2)26(24)35-3)27(31)30-29-17-18-11-13-21(14-12-18)36-28(32)23-10-6-8-19-7-4-5-9-22(19)23/h4-17H,1-3H3,(H,30,31)/b29-17-. The second kappa shape index (κ2) is 11.1. The van der Waals surface area contributed by atoms with E-state index in [-0.39, 0.29) is 5.56 Å². The smallest absolute Gasteiger partial charge is 0.344 e. The number of hydrazone groups is 1. The molecule has 0 saturated heterocycles. The van der Waals surface area contributed by atoms with Crippen molar-refractivity contribution in [3.8, 4) is 23.0 Å². The van der Waals surface area contributed by atoms with Crippen LogP contribution in [0.2, 0.25) is 0 Å². The summed E-state index contributed by atoms with van der Waals surface area (Å²) in [4.78, 5) is 25.2. The number of ether oxygens (including phenoxy) is 4. The molecule has 182 valence electrons. The van der Waals surface area contributed by atoms with Crippen LogP contribution in [0, 0.1) is 0 Å². The molecule has 0 saturated carbocycles. The van der Waals surface area contributed by atoms with Crippen LogP contribution in [0.15, 0.2) is 84.0 Å². The average molecular weight is 485 g/mol. The lowest BCUT2D eigenvalue weighted by Gasteiger charge is -2.13.